The topological polar surface area (TPSA) is 64.0 Å². The molecule has 0 aliphatic heterocycles. The zero-order valence-electron chi connectivity index (χ0n) is 13.1. The van der Waals surface area contributed by atoms with E-state index in [1.807, 2.05) is 36.4 Å². The quantitative estimate of drug-likeness (QED) is 0.803. The van der Waals surface area contributed by atoms with E-state index in [1.54, 1.807) is 18.2 Å². The van der Waals surface area contributed by atoms with Crippen LogP contribution in [0.4, 0.5) is 0 Å². The smallest absolute Gasteiger partial charge is 0.274 e. The first-order valence-electron chi connectivity index (χ1n) is 8.07. The lowest BCUT2D eigenvalue weighted by molar-refractivity contribution is 0.0945. The van der Waals surface area contributed by atoms with E-state index >= 15 is 0 Å². The van der Waals surface area contributed by atoms with Crippen molar-refractivity contribution in [3.05, 3.63) is 76.2 Å². The van der Waals surface area contributed by atoms with Crippen molar-refractivity contribution in [3.8, 4) is 0 Å². The fourth-order valence-electron chi connectivity index (χ4n) is 2.75. The first-order valence-corrected chi connectivity index (χ1v) is 8.07. The van der Waals surface area contributed by atoms with Gasteiger partial charge in [-0.2, -0.15) is 5.10 Å². The van der Waals surface area contributed by atoms with Crippen LogP contribution in [0.2, 0.25) is 0 Å². The van der Waals surface area contributed by atoms with E-state index in [0.29, 0.717) is 23.0 Å². The van der Waals surface area contributed by atoms with E-state index in [9.17, 15) is 9.59 Å². The predicted molar refractivity (Wildman–Crippen MR) is 92.0 cm³/mol. The molecule has 0 saturated heterocycles. The molecule has 1 heterocycles. The second-order valence-electron chi connectivity index (χ2n) is 6.09. The standard InChI is InChI=1S/C19H17N3O2/c23-18(20-14-10-11-14)17-15-8-4-5-9-16(15)19(24)22(21-17)12-13-6-2-1-3-7-13/h1-9,14H,10-12H2,(H,20,23). The third-order valence-electron chi connectivity index (χ3n) is 4.17. The van der Waals surface area contributed by atoms with E-state index in [2.05, 4.69) is 10.4 Å². The first kappa shape index (κ1) is 14.6. The van der Waals surface area contributed by atoms with Gasteiger partial charge in [-0.05, 0) is 24.5 Å². The fraction of sp³-hybridized carbons (Fsp3) is 0.211. The monoisotopic (exact) mass is 319 g/mol. The van der Waals surface area contributed by atoms with Crippen LogP contribution in [0.5, 0.6) is 0 Å². The van der Waals surface area contributed by atoms with Gasteiger partial charge in [0.1, 0.15) is 0 Å². The average molecular weight is 319 g/mol. The summed E-state index contributed by atoms with van der Waals surface area (Å²) in [6.07, 6.45) is 2.01. The second-order valence-corrected chi connectivity index (χ2v) is 6.09. The third kappa shape index (κ3) is 2.80. The molecule has 0 radical (unpaired) electrons. The number of amides is 1. The van der Waals surface area contributed by atoms with Crippen molar-refractivity contribution in [1.29, 1.82) is 0 Å². The van der Waals surface area contributed by atoms with Gasteiger partial charge in [-0.25, -0.2) is 4.68 Å². The van der Waals surface area contributed by atoms with Gasteiger partial charge in [0.05, 0.1) is 11.9 Å². The van der Waals surface area contributed by atoms with Crippen molar-refractivity contribution in [2.24, 2.45) is 0 Å². The summed E-state index contributed by atoms with van der Waals surface area (Å²) in [5.41, 5.74) is 1.10. The molecule has 3 aromatic rings. The molecule has 24 heavy (non-hydrogen) atoms. The highest BCUT2D eigenvalue weighted by molar-refractivity contribution is 6.04. The highest BCUT2D eigenvalue weighted by atomic mass is 16.2. The Hall–Kier alpha value is -2.95. The van der Waals surface area contributed by atoms with Gasteiger partial charge in [0.2, 0.25) is 0 Å². The molecule has 1 saturated carbocycles. The lowest BCUT2D eigenvalue weighted by Gasteiger charge is -2.11. The van der Waals surface area contributed by atoms with Crippen molar-refractivity contribution >= 4 is 16.7 Å². The van der Waals surface area contributed by atoms with Crippen LogP contribution < -0.4 is 10.9 Å². The Kier molecular flexibility index (Phi) is 3.61. The molecule has 0 atom stereocenters. The summed E-state index contributed by atoms with van der Waals surface area (Å²) in [4.78, 5) is 25.2. The van der Waals surface area contributed by atoms with Gasteiger partial charge < -0.3 is 5.32 Å². The van der Waals surface area contributed by atoms with E-state index in [4.69, 9.17) is 0 Å². The first-order chi connectivity index (χ1) is 11.7. The maximum Gasteiger partial charge on any atom is 0.274 e. The highest BCUT2D eigenvalue weighted by Crippen LogP contribution is 2.20. The van der Waals surface area contributed by atoms with Crippen LogP contribution in [0.15, 0.2) is 59.4 Å². The van der Waals surface area contributed by atoms with Gasteiger partial charge in [-0.3, -0.25) is 9.59 Å². The van der Waals surface area contributed by atoms with Crippen LogP contribution in [0.1, 0.15) is 28.9 Å². The Morgan fingerprint density at radius 2 is 1.71 bits per heavy atom. The molecule has 5 heteroatoms. The number of nitrogens with one attached hydrogen (secondary N) is 1. The number of rotatable bonds is 4. The Labute approximate surface area is 138 Å². The molecule has 5 nitrogen and oxygen atoms in total. The van der Waals surface area contributed by atoms with Gasteiger partial charge in [0.15, 0.2) is 5.69 Å². The molecule has 4 rings (SSSR count). The summed E-state index contributed by atoms with van der Waals surface area (Å²) >= 11 is 0. The number of fused-ring (bicyclic) bond motifs is 1. The average Bonchev–Trinajstić information content (AvgIpc) is 3.42. The fourth-order valence-corrected chi connectivity index (χ4v) is 2.75. The van der Waals surface area contributed by atoms with Gasteiger partial charge >= 0.3 is 0 Å². The number of nitrogens with zero attached hydrogens (tertiary/aromatic N) is 2. The van der Waals surface area contributed by atoms with Crippen LogP contribution in [0.3, 0.4) is 0 Å². The van der Waals surface area contributed by atoms with Crippen molar-refractivity contribution in [2.75, 3.05) is 0 Å². The number of carbonyl (C=O) groups excluding carboxylic acids is 1. The maximum atomic E-state index is 12.7. The minimum atomic E-state index is -0.212. The molecular weight excluding hydrogens is 302 g/mol. The molecule has 0 unspecified atom stereocenters. The molecule has 1 fully saturated rings. The summed E-state index contributed by atoms with van der Waals surface area (Å²) < 4.78 is 1.37. The van der Waals surface area contributed by atoms with Crippen molar-refractivity contribution in [1.82, 2.24) is 15.1 Å². The molecule has 1 amide bonds. The number of aromatic nitrogens is 2. The molecule has 1 aromatic heterocycles. The Balaban J connectivity index is 1.83. The molecular formula is C19H17N3O2. The van der Waals surface area contributed by atoms with E-state index < -0.39 is 0 Å². The summed E-state index contributed by atoms with van der Waals surface area (Å²) in [6, 6.07) is 17.0. The second kappa shape index (κ2) is 5.92. The number of hydrogen-bond donors (Lipinski definition) is 1. The third-order valence-corrected chi connectivity index (χ3v) is 4.17. The highest BCUT2D eigenvalue weighted by Gasteiger charge is 2.26. The maximum absolute atomic E-state index is 12.7. The number of hydrogen-bond acceptors (Lipinski definition) is 3. The SMILES string of the molecule is O=C(NC1CC1)c1nn(Cc2ccccc2)c(=O)c2ccccc12. The molecule has 1 aliphatic rings. The van der Waals surface area contributed by atoms with Crippen LogP contribution in [0.25, 0.3) is 10.8 Å². The van der Waals surface area contributed by atoms with Gasteiger partial charge in [0.25, 0.3) is 11.5 Å². The van der Waals surface area contributed by atoms with E-state index in [-0.39, 0.29) is 17.5 Å². The summed E-state index contributed by atoms with van der Waals surface area (Å²) in [6.45, 7) is 0.341. The number of carbonyl (C=O) groups is 1. The minimum absolute atomic E-state index is 0.183. The Morgan fingerprint density at radius 3 is 2.42 bits per heavy atom. The van der Waals surface area contributed by atoms with Crippen molar-refractivity contribution in [3.63, 3.8) is 0 Å². The van der Waals surface area contributed by atoms with Crippen LogP contribution in [-0.2, 0) is 6.54 Å². The predicted octanol–water partition coefficient (Wildman–Crippen LogP) is 2.34. The molecule has 2 aromatic carbocycles. The van der Waals surface area contributed by atoms with Crippen molar-refractivity contribution < 1.29 is 4.79 Å². The lowest BCUT2D eigenvalue weighted by Crippen LogP contribution is -2.31. The van der Waals surface area contributed by atoms with E-state index in [0.717, 1.165) is 18.4 Å². The van der Waals surface area contributed by atoms with Crippen molar-refractivity contribution in [2.45, 2.75) is 25.4 Å². The molecule has 1 aliphatic carbocycles. The zero-order valence-corrected chi connectivity index (χ0v) is 13.1. The molecule has 1 N–H and O–H groups in total. The summed E-state index contributed by atoms with van der Waals surface area (Å²) in [7, 11) is 0. The number of benzene rings is 2. The van der Waals surface area contributed by atoms with E-state index in [1.165, 1.54) is 4.68 Å². The minimum Gasteiger partial charge on any atom is -0.348 e. The Bertz CT molecular complexity index is 959. The van der Waals surface area contributed by atoms with Crippen LogP contribution >= 0.6 is 0 Å². The van der Waals surface area contributed by atoms with Gasteiger partial charge in [-0.1, -0.05) is 48.5 Å². The molecule has 120 valence electrons. The summed E-state index contributed by atoms with van der Waals surface area (Å²) in [5, 5.41) is 8.44. The molecule has 0 spiro atoms. The van der Waals surface area contributed by atoms with Crippen LogP contribution in [-0.4, -0.2) is 21.7 Å². The largest absolute Gasteiger partial charge is 0.348 e. The summed E-state index contributed by atoms with van der Waals surface area (Å²) in [5.74, 6) is -0.212. The van der Waals surface area contributed by atoms with Gasteiger partial charge in [-0.15, -0.1) is 0 Å². The zero-order chi connectivity index (χ0) is 16.5. The molecule has 0 bridgehead atoms. The van der Waals surface area contributed by atoms with Crippen LogP contribution in [0, 0.1) is 0 Å². The Morgan fingerprint density at radius 1 is 1.04 bits per heavy atom. The van der Waals surface area contributed by atoms with Gasteiger partial charge in [0, 0.05) is 11.4 Å². The lowest BCUT2D eigenvalue weighted by atomic mass is 10.1. The normalized spacial score (nSPS) is 13.8.